The van der Waals surface area contributed by atoms with Crippen molar-refractivity contribution in [2.24, 2.45) is 0 Å². The topological polar surface area (TPSA) is 62.6 Å². The Bertz CT molecular complexity index is 807. The van der Waals surface area contributed by atoms with Gasteiger partial charge in [-0.2, -0.15) is 0 Å². The molecular formula is C18H19Cl3N3O2+. The summed E-state index contributed by atoms with van der Waals surface area (Å²) < 4.78 is 0. The molecule has 1 atom stereocenters. The Kier molecular flexibility index (Phi) is 7.29. The smallest absolute Gasteiger partial charge is 0.279 e. The standard InChI is InChI=1S/C18H18Cl3N3O2/c1-11-8-12(19)6-7-15(11)22-16(25)9-24(2)10-17(26)23-18-13(20)4-3-5-14(18)21/h3-8H,9-10H2,1-2H3,(H,22,25)(H,23,26)/p+1. The first-order valence-corrected chi connectivity index (χ1v) is 9.01. The fourth-order valence-corrected chi connectivity index (χ4v) is 3.09. The second-order valence-electron chi connectivity index (χ2n) is 5.96. The SMILES string of the molecule is Cc1cc(Cl)ccc1NC(=O)C[NH+](C)CC(=O)Nc1c(Cl)cccc1Cl. The first-order valence-electron chi connectivity index (χ1n) is 7.87. The van der Waals surface area contributed by atoms with Gasteiger partial charge in [0.15, 0.2) is 13.1 Å². The van der Waals surface area contributed by atoms with Gasteiger partial charge in [-0.05, 0) is 42.8 Å². The summed E-state index contributed by atoms with van der Waals surface area (Å²) in [6.45, 7) is 2.08. The van der Waals surface area contributed by atoms with E-state index in [-0.39, 0.29) is 24.9 Å². The highest BCUT2D eigenvalue weighted by molar-refractivity contribution is 6.39. The number of hydrogen-bond acceptors (Lipinski definition) is 2. The zero-order valence-electron chi connectivity index (χ0n) is 14.3. The quantitative estimate of drug-likeness (QED) is 0.679. The summed E-state index contributed by atoms with van der Waals surface area (Å²) >= 11 is 18.0. The predicted octanol–water partition coefficient (Wildman–Crippen LogP) is 3.05. The Labute approximate surface area is 167 Å². The van der Waals surface area contributed by atoms with Crippen molar-refractivity contribution < 1.29 is 14.5 Å². The molecule has 0 saturated carbocycles. The average molecular weight is 416 g/mol. The van der Waals surface area contributed by atoms with Crippen LogP contribution >= 0.6 is 34.8 Å². The Hall–Kier alpha value is -1.79. The Morgan fingerprint density at radius 3 is 2.12 bits per heavy atom. The van der Waals surface area contributed by atoms with Gasteiger partial charge in [0.1, 0.15) is 0 Å². The molecule has 5 nitrogen and oxygen atoms in total. The molecule has 3 N–H and O–H groups in total. The summed E-state index contributed by atoms with van der Waals surface area (Å²) in [7, 11) is 1.75. The molecule has 2 amide bonds. The molecule has 8 heteroatoms. The summed E-state index contributed by atoms with van der Waals surface area (Å²) in [4.78, 5) is 25.0. The first-order chi connectivity index (χ1) is 12.3. The number of hydrogen-bond donors (Lipinski definition) is 3. The molecule has 138 valence electrons. The van der Waals surface area contributed by atoms with Gasteiger partial charge in [0, 0.05) is 10.7 Å². The van der Waals surface area contributed by atoms with Gasteiger partial charge in [0.2, 0.25) is 0 Å². The number of anilines is 2. The van der Waals surface area contributed by atoms with Crippen molar-refractivity contribution in [3.63, 3.8) is 0 Å². The third kappa shape index (κ3) is 5.88. The summed E-state index contributed by atoms with van der Waals surface area (Å²) in [6.07, 6.45) is 0. The maximum absolute atomic E-state index is 12.2. The average Bonchev–Trinajstić information content (AvgIpc) is 2.53. The maximum Gasteiger partial charge on any atom is 0.279 e. The van der Waals surface area contributed by atoms with E-state index in [2.05, 4.69) is 10.6 Å². The van der Waals surface area contributed by atoms with Crippen LogP contribution in [0.5, 0.6) is 0 Å². The largest absolute Gasteiger partial charge is 0.322 e. The van der Waals surface area contributed by atoms with E-state index in [0.717, 1.165) is 10.5 Å². The van der Waals surface area contributed by atoms with Crippen LogP contribution in [0.4, 0.5) is 11.4 Å². The van der Waals surface area contributed by atoms with Crippen molar-refractivity contribution in [3.8, 4) is 0 Å². The molecule has 0 saturated heterocycles. The minimum atomic E-state index is -0.284. The number of aryl methyl sites for hydroxylation is 1. The molecule has 0 aliphatic heterocycles. The first kappa shape index (κ1) is 20.5. The molecule has 0 fully saturated rings. The van der Waals surface area contributed by atoms with Crippen LogP contribution < -0.4 is 15.5 Å². The van der Waals surface area contributed by atoms with E-state index < -0.39 is 0 Å². The van der Waals surface area contributed by atoms with Crippen molar-refractivity contribution in [1.82, 2.24) is 0 Å². The molecule has 2 aromatic rings. The van der Waals surface area contributed by atoms with Gasteiger partial charge < -0.3 is 15.5 Å². The Morgan fingerprint density at radius 1 is 0.962 bits per heavy atom. The number of amides is 2. The van der Waals surface area contributed by atoms with E-state index in [1.807, 2.05) is 6.92 Å². The zero-order valence-corrected chi connectivity index (χ0v) is 16.6. The lowest BCUT2D eigenvalue weighted by Crippen LogP contribution is -3.11. The number of rotatable bonds is 6. The lowest BCUT2D eigenvalue weighted by Gasteiger charge is -2.15. The summed E-state index contributed by atoms with van der Waals surface area (Å²) in [5.41, 5.74) is 1.93. The van der Waals surface area contributed by atoms with E-state index in [0.29, 0.717) is 26.4 Å². The van der Waals surface area contributed by atoms with Gasteiger partial charge in [-0.1, -0.05) is 40.9 Å². The number of carbonyl (C=O) groups is 2. The van der Waals surface area contributed by atoms with Crippen molar-refractivity contribution in [2.45, 2.75) is 6.92 Å². The van der Waals surface area contributed by atoms with Crippen LogP contribution in [0.25, 0.3) is 0 Å². The van der Waals surface area contributed by atoms with Gasteiger partial charge in [-0.15, -0.1) is 0 Å². The van der Waals surface area contributed by atoms with Crippen LogP contribution in [-0.4, -0.2) is 32.0 Å². The van der Waals surface area contributed by atoms with Gasteiger partial charge >= 0.3 is 0 Å². The van der Waals surface area contributed by atoms with Crippen LogP contribution in [0.3, 0.4) is 0 Å². The molecular weight excluding hydrogens is 397 g/mol. The van der Waals surface area contributed by atoms with E-state index in [9.17, 15) is 9.59 Å². The molecule has 0 radical (unpaired) electrons. The second kappa shape index (κ2) is 9.24. The minimum absolute atomic E-state index is 0.0918. The second-order valence-corrected chi connectivity index (χ2v) is 7.21. The van der Waals surface area contributed by atoms with Crippen LogP contribution in [-0.2, 0) is 9.59 Å². The van der Waals surface area contributed by atoms with E-state index in [4.69, 9.17) is 34.8 Å². The molecule has 0 aliphatic rings. The number of para-hydroxylation sites is 1. The van der Waals surface area contributed by atoms with Crippen LogP contribution in [0, 0.1) is 6.92 Å². The fourth-order valence-electron chi connectivity index (χ4n) is 2.37. The maximum atomic E-state index is 12.2. The molecule has 0 aliphatic carbocycles. The number of benzene rings is 2. The minimum Gasteiger partial charge on any atom is -0.322 e. The number of likely N-dealkylation sites (N-methyl/N-ethyl adjacent to an activating group) is 1. The highest BCUT2D eigenvalue weighted by Crippen LogP contribution is 2.29. The lowest BCUT2D eigenvalue weighted by molar-refractivity contribution is -0.862. The molecule has 1 unspecified atom stereocenters. The van der Waals surface area contributed by atoms with Crippen LogP contribution in [0.15, 0.2) is 36.4 Å². The Morgan fingerprint density at radius 2 is 1.54 bits per heavy atom. The van der Waals surface area contributed by atoms with Crippen molar-refractivity contribution in [3.05, 3.63) is 57.0 Å². The normalized spacial score (nSPS) is 11.7. The van der Waals surface area contributed by atoms with Crippen molar-refractivity contribution >= 4 is 58.0 Å². The highest BCUT2D eigenvalue weighted by atomic mass is 35.5. The molecule has 0 heterocycles. The number of nitrogens with one attached hydrogen (secondary N) is 3. The number of quaternary nitrogens is 1. The lowest BCUT2D eigenvalue weighted by atomic mass is 10.2. The van der Waals surface area contributed by atoms with Gasteiger partial charge in [-0.25, -0.2) is 0 Å². The van der Waals surface area contributed by atoms with Crippen molar-refractivity contribution in [1.29, 1.82) is 0 Å². The van der Waals surface area contributed by atoms with E-state index in [1.165, 1.54) is 0 Å². The van der Waals surface area contributed by atoms with Crippen molar-refractivity contribution in [2.75, 3.05) is 30.8 Å². The van der Waals surface area contributed by atoms with Gasteiger partial charge in [0.25, 0.3) is 11.8 Å². The molecule has 0 bridgehead atoms. The van der Waals surface area contributed by atoms with Gasteiger partial charge in [-0.3, -0.25) is 9.59 Å². The van der Waals surface area contributed by atoms with Crippen LogP contribution in [0.2, 0.25) is 15.1 Å². The molecule has 0 spiro atoms. The van der Waals surface area contributed by atoms with E-state index >= 15 is 0 Å². The summed E-state index contributed by atoms with van der Waals surface area (Å²) in [6, 6.07) is 10.2. The zero-order chi connectivity index (χ0) is 19.3. The molecule has 2 aromatic carbocycles. The summed E-state index contributed by atoms with van der Waals surface area (Å²) in [5.74, 6) is -0.482. The molecule has 26 heavy (non-hydrogen) atoms. The third-order valence-electron chi connectivity index (χ3n) is 3.61. The Balaban J connectivity index is 1.88. The monoisotopic (exact) mass is 414 g/mol. The summed E-state index contributed by atoms with van der Waals surface area (Å²) in [5, 5.41) is 6.83. The number of halogens is 3. The van der Waals surface area contributed by atoms with E-state index in [1.54, 1.807) is 43.4 Å². The third-order valence-corrected chi connectivity index (χ3v) is 4.48. The molecule has 0 aromatic heterocycles. The van der Waals surface area contributed by atoms with Crippen LogP contribution in [0.1, 0.15) is 5.56 Å². The highest BCUT2D eigenvalue weighted by Gasteiger charge is 2.17. The molecule has 2 rings (SSSR count). The van der Waals surface area contributed by atoms with Gasteiger partial charge in [0.05, 0.1) is 22.8 Å². The fraction of sp³-hybridized carbons (Fsp3) is 0.222. The number of carbonyl (C=O) groups excluding carboxylic acids is 2. The predicted molar refractivity (Wildman–Crippen MR) is 107 cm³/mol.